The molecular formula is C20H21ClN4O. The first-order valence-corrected chi connectivity index (χ1v) is 9.21. The topological polar surface area (TPSA) is 61.0 Å². The van der Waals surface area contributed by atoms with Gasteiger partial charge in [0, 0.05) is 48.1 Å². The van der Waals surface area contributed by atoms with Gasteiger partial charge in [-0.05, 0) is 49.1 Å². The van der Waals surface area contributed by atoms with Gasteiger partial charge in [0.05, 0.1) is 5.56 Å². The third-order valence-corrected chi connectivity index (χ3v) is 5.28. The fourth-order valence-electron chi connectivity index (χ4n) is 3.62. The number of hydrogen-bond donors (Lipinski definition) is 2. The zero-order chi connectivity index (χ0) is 18.1. The Labute approximate surface area is 157 Å². The maximum absolute atomic E-state index is 12.5. The van der Waals surface area contributed by atoms with Gasteiger partial charge in [-0.3, -0.25) is 4.79 Å². The molecule has 134 valence electrons. The van der Waals surface area contributed by atoms with Crippen molar-refractivity contribution >= 4 is 34.2 Å². The van der Waals surface area contributed by atoms with Crippen molar-refractivity contribution in [3.05, 3.63) is 58.9 Å². The van der Waals surface area contributed by atoms with E-state index in [0.717, 1.165) is 35.6 Å². The lowest BCUT2D eigenvalue weighted by molar-refractivity contribution is 0.0950. The SMILES string of the molecule is Cc1ccc(Cl)cc1N1CCC(CNC(=O)c2c[nH]c3ncccc23)C1. The number of amides is 1. The van der Waals surface area contributed by atoms with Crippen LogP contribution in [0, 0.1) is 12.8 Å². The van der Waals surface area contributed by atoms with Crippen molar-refractivity contribution in [2.75, 3.05) is 24.5 Å². The summed E-state index contributed by atoms with van der Waals surface area (Å²) in [6.07, 6.45) is 4.50. The summed E-state index contributed by atoms with van der Waals surface area (Å²) in [6.45, 7) is 4.68. The molecule has 5 nitrogen and oxygen atoms in total. The number of H-pyrrole nitrogens is 1. The standard InChI is InChI=1S/C20H21ClN4O/c1-13-4-5-15(21)9-18(13)25-8-6-14(12-25)10-24-20(26)17-11-23-19-16(17)3-2-7-22-19/h2-5,7,9,11,14H,6,8,10,12H2,1H3,(H,22,23)(H,24,26). The number of carbonyl (C=O) groups is 1. The molecule has 3 aromatic rings. The Morgan fingerprint density at radius 2 is 2.31 bits per heavy atom. The summed E-state index contributed by atoms with van der Waals surface area (Å²) in [5.41, 5.74) is 3.80. The average Bonchev–Trinajstić information content (AvgIpc) is 3.28. The van der Waals surface area contributed by atoms with Crippen molar-refractivity contribution in [1.29, 1.82) is 0 Å². The Kier molecular flexibility index (Phi) is 4.55. The van der Waals surface area contributed by atoms with Crippen LogP contribution in [0.5, 0.6) is 0 Å². The summed E-state index contributed by atoms with van der Waals surface area (Å²) >= 11 is 6.15. The number of benzene rings is 1. The molecule has 0 bridgehead atoms. The van der Waals surface area contributed by atoms with E-state index in [9.17, 15) is 4.79 Å². The van der Waals surface area contributed by atoms with E-state index >= 15 is 0 Å². The quantitative estimate of drug-likeness (QED) is 0.736. The molecule has 0 spiro atoms. The number of carbonyl (C=O) groups excluding carboxylic acids is 1. The Morgan fingerprint density at radius 3 is 3.19 bits per heavy atom. The first kappa shape index (κ1) is 16.9. The van der Waals surface area contributed by atoms with E-state index in [-0.39, 0.29) is 5.91 Å². The molecule has 0 aliphatic carbocycles. The van der Waals surface area contributed by atoms with E-state index in [2.05, 4.69) is 33.2 Å². The number of aryl methyl sites for hydroxylation is 1. The first-order chi connectivity index (χ1) is 12.6. The van der Waals surface area contributed by atoms with Crippen molar-refractivity contribution in [2.45, 2.75) is 13.3 Å². The molecule has 1 aromatic carbocycles. The zero-order valence-electron chi connectivity index (χ0n) is 14.6. The highest BCUT2D eigenvalue weighted by atomic mass is 35.5. The lowest BCUT2D eigenvalue weighted by Gasteiger charge is -2.21. The number of aromatic nitrogens is 2. The molecule has 1 aliphatic heterocycles. The number of anilines is 1. The highest BCUT2D eigenvalue weighted by Gasteiger charge is 2.24. The smallest absolute Gasteiger partial charge is 0.253 e. The maximum Gasteiger partial charge on any atom is 0.253 e. The summed E-state index contributed by atoms with van der Waals surface area (Å²) in [5, 5.41) is 4.69. The maximum atomic E-state index is 12.5. The van der Waals surface area contributed by atoms with E-state index in [1.54, 1.807) is 12.4 Å². The van der Waals surface area contributed by atoms with Crippen molar-refractivity contribution < 1.29 is 4.79 Å². The highest BCUT2D eigenvalue weighted by molar-refractivity contribution is 6.30. The third-order valence-electron chi connectivity index (χ3n) is 5.04. The number of pyridine rings is 1. The van der Waals surface area contributed by atoms with Crippen LogP contribution in [0.1, 0.15) is 22.3 Å². The van der Waals surface area contributed by atoms with Crippen LogP contribution in [0.4, 0.5) is 5.69 Å². The molecule has 2 aromatic heterocycles. The first-order valence-electron chi connectivity index (χ1n) is 8.83. The minimum atomic E-state index is -0.0540. The molecule has 1 aliphatic rings. The van der Waals surface area contributed by atoms with Gasteiger partial charge in [-0.25, -0.2) is 4.98 Å². The van der Waals surface area contributed by atoms with E-state index in [1.165, 1.54) is 11.3 Å². The van der Waals surface area contributed by atoms with Crippen molar-refractivity contribution in [3.63, 3.8) is 0 Å². The minimum Gasteiger partial charge on any atom is -0.371 e. The Balaban J connectivity index is 1.38. The zero-order valence-corrected chi connectivity index (χ0v) is 15.4. The summed E-state index contributed by atoms with van der Waals surface area (Å²) < 4.78 is 0. The van der Waals surface area contributed by atoms with Crippen LogP contribution in [-0.4, -0.2) is 35.5 Å². The van der Waals surface area contributed by atoms with Gasteiger partial charge in [-0.1, -0.05) is 17.7 Å². The molecule has 1 unspecified atom stereocenters. The molecule has 6 heteroatoms. The lowest BCUT2D eigenvalue weighted by Crippen LogP contribution is -2.31. The van der Waals surface area contributed by atoms with Crippen LogP contribution in [0.2, 0.25) is 5.02 Å². The van der Waals surface area contributed by atoms with Crippen molar-refractivity contribution in [1.82, 2.24) is 15.3 Å². The fraction of sp³-hybridized carbons (Fsp3) is 0.300. The van der Waals surface area contributed by atoms with E-state index in [4.69, 9.17) is 11.6 Å². The normalized spacial score (nSPS) is 17.0. The Bertz CT molecular complexity index is 952. The lowest BCUT2D eigenvalue weighted by atomic mass is 10.1. The highest BCUT2D eigenvalue weighted by Crippen LogP contribution is 2.29. The van der Waals surface area contributed by atoms with Gasteiger partial charge in [0.25, 0.3) is 5.91 Å². The second kappa shape index (κ2) is 7.00. The number of rotatable bonds is 4. The summed E-state index contributed by atoms with van der Waals surface area (Å²) in [6, 6.07) is 9.75. The van der Waals surface area contributed by atoms with Crippen molar-refractivity contribution in [2.24, 2.45) is 5.92 Å². The summed E-state index contributed by atoms with van der Waals surface area (Å²) in [5.74, 6) is 0.377. The van der Waals surface area contributed by atoms with Gasteiger partial charge in [0.1, 0.15) is 5.65 Å². The minimum absolute atomic E-state index is 0.0540. The predicted molar refractivity (Wildman–Crippen MR) is 105 cm³/mol. The molecule has 0 saturated carbocycles. The van der Waals surface area contributed by atoms with Gasteiger partial charge >= 0.3 is 0 Å². The molecule has 3 heterocycles. The van der Waals surface area contributed by atoms with Crippen LogP contribution in [-0.2, 0) is 0 Å². The molecule has 1 fully saturated rings. The average molecular weight is 369 g/mol. The van der Waals surface area contributed by atoms with Gasteiger partial charge < -0.3 is 15.2 Å². The van der Waals surface area contributed by atoms with E-state index in [1.807, 2.05) is 24.3 Å². The Morgan fingerprint density at radius 1 is 1.42 bits per heavy atom. The summed E-state index contributed by atoms with van der Waals surface area (Å²) in [4.78, 5) is 22.2. The Hall–Kier alpha value is -2.53. The van der Waals surface area contributed by atoms with Crippen LogP contribution in [0.3, 0.4) is 0 Å². The molecular weight excluding hydrogens is 348 g/mol. The molecule has 26 heavy (non-hydrogen) atoms. The van der Waals surface area contributed by atoms with Gasteiger partial charge in [-0.15, -0.1) is 0 Å². The van der Waals surface area contributed by atoms with Crippen LogP contribution < -0.4 is 10.2 Å². The molecule has 4 rings (SSSR count). The number of hydrogen-bond acceptors (Lipinski definition) is 3. The molecule has 0 radical (unpaired) electrons. The van der Waals surface area contributed by atoms with Gasteiger partial charge in [0.15, 0.2) is 0 Å². The summed E-state index contributed by atoms with van der Waals surface area (Å²) in [7, 11) is 0. The second-order valence-electron chi connectivity index (χ2n) is 6.84. The molecule has 1 atom stereocenters. The number of aromatic amines is 1. The largest absolute Gasteiger partial charge is 0.371 e. The van der Waals surface area contributed by atoms with Gasteiger partial charge in [0.2, 0.25) is 0 Å². The monoisotopic (exact) mass is 368 g/mol. The van der Waals surface area contributed by atoms with E-state index in [0.29, 0.717) is 18.0 Å². The van der Waals surface area contributed by atoms with Gasteiger partial charge in [-0.2, -0.15) is 0 Å². The van der Waals surface area contributed by atoms with E-state index < -0.39 is 0 Å². The molecule has 1 saturated heterocycles. The van der Waals surface area contributed by atoms with Crippen molar-refractivity contribution in [3.8, 4) is 0 Å². The number of nitrogens with zero attached hydrogens (tertiary/aromatic N) is 2. The molecule has 1 amide bonds. The third kappa shape index (κ3) is 3.27. The van der Waals surface area contributed by atoms with Crippen LogP contribution >= 0.6 is 11.6 Å². The van der Waals surface area contributed by atoms with Crippen LogP contribution in [0.25, 0.3) is 11.0 Å². The molecule has 2 N–H and O–H groups in total. The van der Waals surface area contributed by atoms with Crippen LogP contribution in [0.15, 0.2) is 42.7 Å². The number of fused-ring (bicyclic) bond motifs is 1. The second-order valence-corrected chi connectivity index (χ2v) is 7.28. The predicted octanol–water partition coefficient (Wildman–Crippen LogP) is 3.78. The number of nitrogens with one attached hydrogen (secondary N) is 2. The fourth-order valence-corrected chi connectivity index (χ4v) is 3.78. The number of halogens is 1.